The minimum atomic E-state index is -0.706. The summed E-state index contributed by atoms with van der Waals surface area (Å²) in [4.78, 5) is 14.3. The van der Waals surface area contributed by atoms with Crippen molar-refractivity contribution in [1.82, 2.24) is 5.32 Å². The van der Waals surface area contributed by atoms with Crippen molar-refractivity contribution in [3.05, 3.63) is 30.3 Å². The number of rotatable bonds is 7. The van der Waals surface area contributed by atoms with E-state index in [-0.39, 0.29) is 12.5 Å². The van der Waals surface area contributed by atoms with Gasteiger partial charge in [-0.3, -0.25) is 4.79 Å². The van der Waals surface area contributed by atoms with Crippen LogP contribution in [0, 0.1) is 11.3 Å². The number of amides is 1. The average Bonchev–Trinajstić information content (AvgIpc) is 3.03. The van der Waals surface area contributed by atoms with Gasteiger partial charge in [0, 0.05) is 12.2 Å². The summed E-state index contributed by atoms with van der Waals surface area (Å²) in [7, 11) is 0. The summed E-state index contributed by atoms with van der Waals surface area (Å²) < 4.78 is 0. The quantitative estimate of drug-likeness (QED) is 0.809. The molecule has 0 saturated heterocycles. The van der Waals surface area contributed by atoms with Gasteiger partial charge in [0.25, 0.3) is 0 Å². The van der Waals surface area contributed by atoms with Gasteiger partial charge in [-0.15, -0.1) is 0 Å². The number of nitrogens with zero attached hydrogens (tertiary/aromatic N) is 2. The predicted molar refractivity (Wildman–Crippen MR) is 89.9 cm³/mol. The minimum Gasteiger partial charge on any atom is -0.391 e. The molecule has 2 N–H and O–H groups in total. The molecule has 1 aliphatic rings. The molecule has 0 aromatic heterocycles. The summed E-state index contributed by atoms with van der Waals surface area (Å²) in [6.45, 7) is 2.45. The summed E-state index contributed by atoms with van der Waals surface area (Å²) >= 11 is 0. The van der Waals surface area contributed by atoms with Crippen LogP contribution in [0.2, 0.25) is 0 Å². The second-order valence-corrected chi connectivity index (χ2v) is 6.23. The van der Waals surface area contributed by atoms with Crippen molar-refractivity contribution in [3.8, 4) is 6.07 Å². The number of carbonyl (C=O) groups excluding carboxylic acids is 1. The molecule has 5 nitrogen and oxygen atoms in total. The van der Waals surface area contributed by atoms with Gasteiger partial charge in [0.05, 0.1) is 18.7 Å². The van der Waals surface area contributed by atoms with E-state index >= 15 is 0 Å². The minimum absolute atomic E-state index is 0.143. The van der Waals surface area contributed by atoms with Gasteiger partial charge < -0.3 is 15.3 Å². The van der Waals surface area contributed by atoms with Gasteiger partial charge in [-0.05, 0) is 44.2 Å². The van der Waals surface area contributed by atoms with Crippen LogP contribution < -0.4 is 10.2 Å². The van der Waals surface area contributed by atoms with Gasteiger partial charge in [0.15, 0.2) is 0 Å². The number of hydrogen-bond acceptors (Lipinski definition) is 4. The van der Waals surface area contributed by atoms with Crippen molar-refractivity contribution >= 4 is 11.6 Å². The number of anilines is 1. The highest BCUT2D eigenvalue weighted by molar-refractivity contribution is 5.82. The van der Waals surface area contributed by atoms with E-state index in [0.717, 1.165) is 31.4 Å². The Morgan fingerprint density at radius 3 is 2.61 bits per heavy atom. The number of aliphatic hydroxyl groups excluding tert-OH is 1. The van der Waals surface area contributed by atoms with E-state index < -0.39 is 11.6 Å². The maximum absolute atomic E-state index is 12.4. The average molecular weight is 315 g/mol. The Balaban J connectivity index is 2.05. The lowest BCUT2D eigenvalue weighted by Gasteiger charge is -2.29. The van der Waals surface area contributed by atoms with Crippen LogP contribution in [-0.4, -0.2) is 35.7 Å². The van der Waals surface area contributed by atoms with Crippen molar-refractivity contribution in [2.75, 3.05) is 18.0 Å². The Morgan fingerprint density at radius 1 is 1.39 bits per heavy atom. The number of benzene rings is 1. The Kier molecular flexibility index (Phi) is 6.00. The zero-order chi connectivity index (χ0) is 16.7. The van der Waals surface area contributed by atoms with Gasteiger partial charge in [-0.25, -0.2) is 0 Å². The molecular formula is C18H25N3O2. The highest BCUT2D eigenvalue weighted by atomic mass is 16.3. The fourth-order valence-corrected chi connectivity index (χ4v) is 3.01. The molecule has 1 aliphatic carbocycles. The third-order valence-electron chi connectivity index (χ3n) is 4.41. The molecule has 23 heavy (non-hydrogen) atoms. The molecule has 5 heteroatoms. The number of nitrogens with one attached hydrogen (secondary N) is 1. The summed E-state index contributed by atoms with van der Waals surface area (Å²) in [6, 6.07) is 11.9. The monoisotopic (exact) mass is 315 g/mol. The van der Waals surface area contributed by atoms with E-state index in [9.17, 15) is 15.2 Å². The lowest BCUT2D eigenvalue weighted by molar-refractivity contribution is -0.121. The molecule has 1 saturated carbocycles. The van der Waals surface area contributed by atoms with E-state index in [2.05, 4.69) is 11.4 Å². The van der Waals surface area contributed by atoms with Crippen molar-refractivity contribution in [2.45, 2.75) is 50.7 Å². The fourth-order valence-electron chi connectivity index (χ4n) is 3.01. The second-order valence-electron chi connectivity index (χ2n) is 6.23. The SMILES string of the molecule is CC[C@@H](O)CN(CC(=O)NC1(C#N)CCCC1)c1ccccc1. The Morgan fingerprint density at radius 2 is 2.04 bits per heavy atom. The molecule has 0 spiro atoms. The molecule has 0 bridgehead atoms. The molecule has 1 atom stereocenters. The predicted octanol–water partition coefficient (Wildman–Crippen LogP) is 2.22. The van der Waals surface area contributed by atoms with E-state index in [1.165, 1.54) is 0 Å². The highest BCUT2D eigenvalue weighted by Gasteiger charge is 2.35. The van der Waals surface area contributed by atoms with Crippen LogP contribution in [0.1, 0.15) is 39.0 Å². The van der Waals surface area contributed by atoms with Crippen molar-refractivity contribution in [2.24, 2.45) is 0 Å². The molecule has 0 aliphatic heterocycles. The number of carbonyl (C=O) groups is 1. The van der Waals surface area contributed by atoms with Gasteiger partial charge >= 0.3 is 0 Å². The molecule has 1 amide bonds. The molecular weight excluding hydrogens is 290 g/mol. The summed E-state index contributed by atoms with van der Waals surface area (Å²) in [5, 5.41) is 22.2. The lowest BCUT2D eigenvalue weighted by Crippen LogP contribution is -2.50. The van der Waals surface area contributed by atoms with Gasteiger partial charge in [-0.2, -0.15) is 5.26 Å². The smallest absolute Gasteiger partial charge is 0.240 e. The first kappa shape index (κ1) is 17.3. The Bertz CT molecular complexity index is 547. The van der Waals surface area contributed by atoms with Gasteiger partial charge in [-0.1, -0.05) is 25.1 Å². The molecule has 0 heterocycles. The third-order valence-corrected chi connectivity index (χ3v) is 4.41. The standard InChI is InChI=1S/C18H25N3O2/c1-2-16(22)12-21(15-8-4-3-5-9-15)13-17(23)20-18(14-19)10-6-7-11-18/h3-5,8-9,16,22H,2,6-7,10-13H2,1H3,(H,20,23)/t16-/m1/s1. The molecule has 124 valence electrons. The Hall–Kier alpha value is -2.06. The van der Waals surface area contributed by atoms with Crippen LogP contribution in [0.5, 0.6) is 0 Å². The normalized spacial score (nSPS) is 17.3. The topological polar surface area (TPSA) is 76.4 Å². The van der Waals surface area contributed by atoms with Crippen LogP contribution in [0.25, 0.3) is 0 Å². The molecule has 0 radical (unpaired) electrons. The van der Waals surface area contributed by atoms with Crippen LogP contribution in [-0.2, 0) is 4.79 Å². The molecule has 2 rings (SSSR count). The maximum atomic E-state index is 12.4. The highest BCUT2D eigenvalue weighted by Crippen LogP contribution is 2.28. The molecule has 0 unspecified atom stereocenters. The largest absolute Gasteiger partial charge is 0.391 e. The van der Waals surface area contributed by atoms with Crippen LogP contribution in [0.4, 0.5) is 5.69 Å². The first-order valence-electron chi connectivity index (χ1n) is 8.29. The van der Waals surface area contributed by atoms with E-state index in [4.69, 9.17) is 0 Å². The number of aliphatic hydroxyl groups is 1. The zero-order valence-corrected chi connectivity index (χ0v) is 13.7. The number of para-hydroxylation sites is 1. The molecule has 1 aromatic carbocycles. The van der Waals surface area contributed by atoms with Crippen LogP contribution in [0.15, 0.2) is 30.3 Å². The number of hydrogen-bond donors (Lipinski definition) is 2. The summed E-state index contributed by atoms with van der Waals surface area (Å²) in [6.07, 6.45) is 3.54. The molecule has 1 aromatic rings. The molecule has 1 fully saturated rings. The van der Waals surface area contributed by atoms with E-state index in [1.807, 2.05) is 42.2 Å². The van der Waals surface area contributed by atoms with E-state index in [1.54, 1.807) is 0 Å². The van der Waals surface area contributed by atoms with Crippen LogP contribution in [0.3, 0.4) is 0 Å². The lowest BCUT2D eigenvalue weighted by atomic mass is 10.00. The van der Waals surface area contributed by atoms with E-state index in [0.29, 0.717) is 13.0 Å². The zero-order valence-electron chi connectivity index (χ0n) is 13.7. The summed E-state index contributed by atoms with van der Waals surface area (Å²) in [5.74, 6) is -0.166. The second kappa shape index (κ2) is 7.98. The van der Waals surface area contributed by atoms with Crippen molar-refractivity contribution in [3.63, 3.8) is 0 Å². The van der Waals surface area contributed by atoms with Gasteiger partial charge in [0.1, 0.15) is 5.54 Å². The maximum Gasteiger partial charge on any atom is 0.240 e. The fraction of sp³-hybridized carbons (Fsp3) is 0.556. The first-order chi connectivity index (χ1) is 11.1. The van der Waals surface area contributed by atoms with Gasteiger partial charge in [0.2, 0.25) is 5.91 Å². The summed E-state index contributed by atoms with van der Waals surface area (Å²) in [5.41, 5.74) is 0.190. The van der Waals surface area contributed by atoms with Crippen LogP contribution >= 0.6 is 0 Å². The van der Waals surface area contributed by atoms with Crippen molar-refractivity contribution < 1.29 is 9.90 Å². The van der Waals surface area contributed by atoms with Crippen molar-refractivity contribution in [1.29, 1.82) is 5.26 Å². The number of nitriles is 1. The first-order valence-corrected chi connectivity index (χ1v) is 8.29. The third kappa shape index (κ3) is 4.70. The Labute approximate surface area is 137 Å².